The maximum absolute atomic E-state index is 13.2. The normalized spacial score (nSPS) is 22.5. The van der Waals surface area contributed by atoms with Crippen molar-refractivity contribution in [3.8, 4) is 0 Å². The Balaban J connectivity index is 2.03. The van der Waals surface area contributed by atoms with E-state index in [1.54, 1.807) is 18.2 Å². The molecule has 1 heterocycles. The molecule has 136 valence electrons. The van der Waals surface area contributed by atoms with Crippen molar-refractivity contribution in [2.24, 2.45) is 5.92 Å². The van der Waals surface area contributed by atoms with Crippen LogP contribution in [0.2, 0.25) is 0 Å². The smallest absolute Gasteiger partial charge is 0.229 e. The molecule has 25 heavy (non-hydrogen) atoms. The molecule has 3 rings (SSSR count). The van der Waals surface area contributed by atoms with Gasteiger partial charge >= 0.3 is 0 Å². The van der Waals surface area contributed by atoms with Crippen LogP contribution in [0.15, 0.2) is 47.4 Å². The van der Waals surface area contributed by atoms with E-state index in [2.05, 4.69) is 0 Å². The Morgan fingerprint density at radius 1 is 1.00 bits per heavy atom. The van der Waals surface area contributed by atoms with Crippen LogP contribution >= 0.6 is 0 Å². The lowest BCUT2D eigenvalue weighted by atomic mass is 10.0. The first kappa shape index (κ1) is 18.4. The number of fused-ring (bicyclic) bond motifs is 1. The number of rotatable bonds is 5. The second-order valence-electron chi connectivity index (χ2n) is 6.72. The van der Waals surface area contributed by atoms with Gasteiger partial charge in [0.2, 0.25) is 10.0 Å². The second-order valence-corrected chi connectivity index (χ2v) is 10.9. The Labute approximate surface area is 149 Å². The third kappa shape index (κ3) is 3.45. The second kappa shape index (κ2) is 6.70. The summed E-state index contributed by atoms with van der Waals surface area (Å²) in [6.45, 7) is 2.29. The molecule has 0 amide bonds. The van der Waals surface area contributed by atoms with Crippen LogP contribution in [-0.2, 0) is 19.9 Å². The van der Waals surface area contributed by atoms with Crippen molar-refractivity contribution in [3.05, 3.63) is 42.5 Å². The lowest BCUT2D eigenvalue weighted by Crippen LogP contribution is -2.32. The van der Waals surface area contributed by atoms with Gasteiger partial charge in [0.15, 0.2) is 9.84 Å². The molecule has 2 atom stereocenters. The zero-order valence-electron chi connectivity index (χ0n) is 14.4. The maximum Gasteiger partial charge on any atom is 0.243 e. The van der Waals surface area contributed by atoms with Crippen molar-refractivity contribution >= 4 is 30.6 Å². The molecule has 1 saturated heterocycles. The molecule has 0 saturated carbocycles. The monoisotopic (exact) mass is 381 g/mol. The van der Waals surface area contributed by atoms with Gasteiger partial charge in [-0.25, -0.2) is 16.8 Å². The summed E-state index contributed by atoms with van der Waals surface area (Å²) in [5, 5.41) is 0.893. The van der Waals surface area contributed by atoms with Crippen LogP contribution in [0, 0.1) is 5.92 Å². The minimum atomic E-state index is -3.74. The third-order valence-electron chi connectivity index (χ3n) is 4.92. The molecule has 1 aliphatic rings. The molecule has 5 nitrogen and oxygen atoms in total. The SMILES string of the molecule is CCC[C@@H]1CN(S(=O)(=O)c2cccc3ccccc23)CC1S(C)(=O)=O. The Hall–Kier alpha value is -1.44. The quantitative estimate of drug-likeness (QED) is 0.798. The molecule has 0 aliphatic carbocycles. The van der Waals surface area contributed by atoms with E-state index in [1.807, 2.05) is 31.2 Å². The van der Waals surface area contributed by atoms with Gasteiger partial charge in [-0.05, 0) is 23.8 Å². The van der Waals surface area contributed by atoms with Crippen molar-refractivity contribution in [2.45, 2.75) is 29.9 Å². The summed E-state index contributed by atoms with van der Waals surface area (Å²) in [4.78, 5) is 0.245. The van der Waals surface area contributed by atoms with Crippen LogP contribution < -0.4 is 0 Å². The van der Waals surface area contributed by atoms with Crippen LogP contribution in [0.1, 0.15) is 19.8 Å². The number of hydrogen-bond acceptors (Lipinski definition) is 4. The first-order valence-corrected chi connectivity index (χ1v) is 11.8. The molecule has 7 heteroatoms. The zero-order chi connectivity index (χ0) is 18.2. The van der Waals surface area contributed by atoms with Gasteiger partial charge in [-0.2, -0.15) is 4.31 Å². The van der Waals surface area contributed by atoms with Crippen molar-refractivity contribution < 1.29 is 16.8 Å². The fraction of sp³-hybridized carbons (Fsp3) is 0.444. The van der Waals surface area contributed by atoms with Crippen molar-refractivity contribution in [3.63, 3.8) is 0 Å². The molecule has 1 aliphatic heterocycles. The highest BCUT2D eigenvalue weighted by Gasteiger charge is 2.43. The molecule has 0 radical (unpaired) electrons. The number of hydrogen-bond donors (Lipinski definition) is 0. The molecular weight excluding hydrogens is 358 g/mol. The van der Waals surface area contributed by atoms with E-state index < -0.39 is 25.1 Å². The Kier molecular flexibility index (Phi) is 4.92. The zero-order valence-corrected chi connectivity index (χ0v) is 16.1. The lowest BCUT2D eigenvalue weighted by Gasteiger charge is -2.17. The maximum atomic E-state index is 13.2. The van der Waals surface area contributed by atoms with Gasteiger partial charge in [0, 0.05) is 24.7 Å². The summed E-state index contributed by atoms with van der Waals surface area (Å²) in [6.07, 6.45) is 2.74. The van der Waals surface area contributed by atoms with Crippen LogP contribution in [0.25, 0.3) is 10.8 Å². The average molecular weight is 382 g/mol. The first-order chi connectivity index (χ1) is 11.7. The number of benzene rings is 2. The Morgan fingerprint density at radius 3 is 2.36 bits per heavy atom. The minimum absolute atomic E-state index is 0.0368. The molecule has 0 bridgehead atoms. The Bertz CT molecular complexity index is 978. The number of nitrogens with zero attached hydrogens (tertiary/aromatic N) is 1. The summed E-state index contributed by atoms with van der Waals surface area (Å²) in [6, 6.07) is 12.5. The molecule has 2 aromatic rings. The number of sulfonamides is 1. The van der Waals surface area contributed by atoms with E-state index in [9.17, 15) is 16.8 Å². The predicted molar refractivity (Wildman–Crippen MR) is 99.7 cm³/mol. The standard InChI is InChI=1S/C18H23NO4S2/c1-3-7-15-12-19(13-18(15)24(2,20)21)25(22,23)17-11-6-9-14-8-4-5-10-16(14)17/h4-6,8-11,15,18H,3,7,12-13H2,1-2H3/t15-,18?/m1/s1. The fourth-order valence-corrected chi connectivity index (χ4v) is 6.90. The molecular formula is C18H23NO4S2. The van der Waals surface area contributed by atoms with E-state index in [4.69, 9.17) is 0 Å². The van der Waals surface area contributed by atoms with Gasteiger partial charge in [-0.15, -0.1) is 0 Å². The highest BCUT2D eigenvalue weighted by molar-refractivity contribution is 7.91. The van der Waals surface area contributed by atoms with E-state index in [0.29, 0.717) is 11.8 Å². The van der Waals surface area contributed by atoms with Gasteiger partial charge in [-0.1, -0.05) is 49.7 Å². The Morgan fingerprint density at radius 2 is 1.68 bits per heavy atom. The summed E-state index contributed by atoms with van der Waals surface area (Å²) in [5.74, 6) is -0.148. The predicted octanol–water partition coefficient (Wildman–Crippen LogP) is 2.67. The summed E-state index contributed by atoms with van der Waals surface area (Å²) in [7, 11) is -7.04. The average Bonchev–Trinajstić information content (AvgIpc) is 3.00. The first-order valence-electron chi connectivity index (χ1n) is 8.42. The van der Waals surface area contributed by atoms with E-state index in [1.165, 1.54) is 10.6 Å². The van der Waals surface area contributed by atoms with E-state index >= 15 is 0 Å². The van der Waals surface area contributed by atoms with E-state index in [0.717, 1.165) is 11.8 Å². The van der Waals surface area contributed by atoms with Crippen molar-refractivity contribution in [1.29, 1.82) is 0 Å². The molecule has 1 unspecified atom stereocenters. The van der Waals surface area contributed by atoms with Gasteiger partial charge in [0.25, 0.3) is 0 Å². The summed E-state index contributed by atoms with van der Waals surface area (Å²) >= 11 is 0. The molecule has 0 spiro atoms. The number of sulfone groups is 1. The molecule has 2 aromatic carbocycles. The third-order valence-corrected chi connectivity index (χ3v) is 8.45. The van der Waals surface area contributed by atoms with Crippen LogP contribution in [-0.4, -0.2) is 45.7 Å². The largest absolute Gasteiger partial charge is 0.243 e. The highest BCUT2D eigenvalue weighted by Crippen LogP contribution is 2.33. The fourth-order valence-electron chi connectivity index (χ4n) is 3.69. The minimum Gasteiger partial charge on any atom is -0.229 e. The molecule has 1 fully saturated rings. The van der Waals surface area contributed by atoms with Gasteiger partial charge < -0.3 is 0 Å². The van der Waals surface area contributed by atoms with Gasteiger partial charge in [0.05, 0.1) is 10.1 Å². The van der Waals surface area contributed by atoms with Gasteiger partial charge in [-0.3, -0.25) is 0 Å². The molecule has 0 aromatic heterocycles. The van der Waals surface area contributed by atoms with Crippen LogP contribution in [0.4, 0.5) is 0 Å². The topological polar surface area (TPSA) is 71.5 Å². The van der Waals surface area contributed by atoms with E-state index in [-0.39, 0.29) is 23.9 Å². The highest BCUT2D eigenvalue weighted by atomic mass is 32.2. The summed E-state index contributed by atoms with van der Waals surface area (Å²) < 4.78 is 52.0. The van der Waals surface area contributed by atoms with Crippen LogP contribution in [0.3, 0.4) is 0 Å². The van der Waals surface area contributed by atoms with Gasteiger partial charge in [0.1, 0.15) is 0 Å². The van der Waals surface area contributed by atoms with Crippen molar-refractivity contribution in [2.75, 3.05) is 19.3 Å². The van der Waals surface area contributed by atoms with Crippen LogP contribution in [0.5, 0.6) is 0 Å². The lowest BCUT2D eigenvalue weighted by molar-refractivity contribution is 0.444. The summed E-state index contributed by atoms with van der Waals surface area (Å²) in [5.41, 5.74) is 0. The molecule has 0 N–H and O–H groups in total. The van der Waals surface area contributed by atoms with Crippen molar-refractivity contribution in [1.82, 2.24) is 4.31 Å².